The maximum atomic E-state index is 12.6. The van der Waals surface area contributed by atoms with Crippen LogP contribution < -0.4 is 10.2 Å². The number of anilines is 2. The minimum absolute atomic E-state index is 0.0305. The Bertz CT molecular complexity index is 979. The number of amides is 1. The first-order chi connectivity index (χ1) is 13.1. The summed E-state index contributed by atoms with van der Waals surface area (Å²) in [6, 6.07) is 14.4. The van der Waals surface area contributed by atoms with Gasteiger partial charge in [0.1, 0.15) is 0 Å². The summed E-state index contributed by atoms with van der Waals surface area (Å²) >= 11 is 1.67. The van der Waals surface area contributed by atoms with Gasteiger partial charge >= 0.3 is 0 Å². The van der Waals surface area contributed by atoms with Gasteiger partial charge in [0.2, 0.25) is 5.91 Å². The number of aromatic nitrogens is 1. The van der Waals surface area contributed by atoms with Crippen LogP contribution in [-0.2, 0) is 17.6 Å². The van der Waals surface area contributed by atoms with Gasteiger partial charge in [-0.05, 0) is 49.1 Å². The highest BCUT2D eigenvalue weighted by molar-refractivity contribution is 7.09. The SMILES string of the molecule is CCc1ccccc1NC(=O)CN1CCc2cc(-c3csc(C)n3)ccc21. The molecule has 0 spiro atoms. The third kappa shape index (κ3) is 3.74. The maximum absolute atomic E-state index is 12.6. The van der Waals surface area contributed by atoms with Crippen LogP contribution in [0.3, 0.4) is 0 Å². The molecule has 0 unspecified atom stereocenters. The van der Waals surface area contributed by atoms with E-state index in [0.717, 1.165) is 52.6 Å². The largest absolute Gasteiger partial charge is 0.362 e. The van der Waals surface area contributed by atoms with E-state index in [-0.39, 0.29) is 5.91 Å². The van der Waals surface area contributed by atoms with Crippen LogP contribution >= 0.6 is 11.3 Å². The summed E-state index contributed by atoms with van der Waals surface area (Å²) < 4.78 is 0. The molecule has 0 radical (unpaired) electrons. The lowest BCUT2D eigenvalue weighted by atomic mass is 10.1. The molecule has 2 aromatic carbocycles. The Hall–Kier alpha value is -2.66. The first-order valence-corrected chi connectivity index (χ1v) is 10.2. The van der Waals surface area contributed by atoms with Crippen LogP contribution in [0.25, 0.3) is 11.3 Å². The normalized spacial score (nSPS) is 12.9. The number of rotatable bonds is 5. The molecule has 1 aromatic heterocycles. The van der Waals surface area contributed by atoms with E-state index in [9.17, 15) is 4.79 Å². The summed E-state index contributed by atoms with van der Waals surface area (Å²) in [7, 11) is 0. The Morgan fingerprint density at radius 3 is 2.89 bits per heavy atom. The lowest BCUT2D eigenvalue weighted by molar-refractivity contribution is -0.115. The van der Waals surface area contributed by atoms with E-state index in [1.807, 2.05) is 25.1 Å². The summed E-state index contributed by atoms with van der Waals surface area (Å²) in [6.45, 7) is 5.37. The topological polar surface area (TPSA) is 45.2 Å². The standard InChI is InChI=1S/C22H23N3OS/c1-3-16-6-4-5-7-19(16)24-22(26)13-25-11-10-18-12-17(8-9-21(18)25)20-14-27-15(2)23-20/h4-9,12,14H,3,10-11,13H2,1-2H3,(H,24,26). The monoisotopic (exact) mass is 377 g/mol. The molecule has 3 aromatic rings. The zero-order valence-electron chi connectivity index (χ0n) is 15.7. The number of para-hydroxylation sites is 1. The van der Waals surface area contributed by atoms with Crippen molar-refractivity contribution in [3.05, 3.63) is 64.0 Å². The maximum Gasteiger partial charge on any atom is 0.243 e. The summed E-state index contributed by atoms with van der Waals surface area (Å²) in [6.07, 6.45) is 1.87. The van der Waals surface area contributed by atoms with E-state index in [2.05, 4.69) is 51.8 Å². The van der Waals surface area contributed by atoms with Crippen LogP contribution in [0.4, 0.5) is 11.4 Å². The second-order valence-electron chi connectivity index (χ2n) is 6.83. The van der Waals surface area contributed by atoms with Gasteiger partial charge in [-0.25, -0.2) is 4.98 Å². The molecule has 138 valence electrons. The van der Waals surface area contributed by atoms with Crippen molar-refractivity contribution in [3.63, 3.8) is 0 Å². The number of carbonyl (C=O) groups is 1. The molecule has 1 amide bonds. The number of nitrogens with one attached hydrogen (secondary N) is 1. The lowest BCUT2D eigenvalue weighted by Crippen LogP contribution is -2.32. The molecule has 5 heteroatoms. The van der Waals surface area contributed by atoms with E-state index in [1.54, 1.807) is 11.3 Å². The average molecular weight is 378 g/mol. The Labute approximate surface area is 163 Å². The van der Waals surface area contributed by atoms with Crippen LogP contribution in [-0.4, -0.2) is 24.0 Å². The van der Waals surface area contributed by atoms with Gasteiger partial charge < -0.3 is 10.2 Å². The van der Waals surface area contributed by atoms with Gasteiger partial charge in [0.05, 0.1) is 17.2 Å². The van der Waals surface area contributed by atoms with Gasteiger partial charge in [0.15, 0.2) is 0 Å². The van der Waals surface area contributed by atoms with E-state index in [4.69, 9.17) is 0 Å². The zero-order chi connectivity index (χ0) is 18.8. The molecular formula is C22H23N3OS. The van der Waals surface area contributed by atoms with Crippen LogP contribution in [0, 0.1) is 6.92 Å². The minimum atomic E-state index is 0.0305. The molecule has 0 saturated carbocycles. The number of nitrogens with zero attached hydrogens (tertiary/aromatic N) is 2. The van der Waals surface area contributed by atoms with Gasteiger partial charge in [0.25, 0.3) is 0 Å². The number of fused-ring (bicyclic) bond motifs is 1. The fraction of sp³-hybridized carbons (Fsp3) is 0.273. The number of hydrogen-bond donors (Lipinski definition) is 1. The van der Waals surface area contributed by atoms with Gasteiger partial charge in [-0.15, -0.1) is 11.3 Å². The Balaban J connectivity index is 1.47. The number of benzene rings is 2. The van der Waals surface area contributed by atoms with Crippen molar-refractivity contribution in [2.75, 3.05) is 23.3 Å². The molecule has 0 aliphatic carbocycles. The molecular weight excluding hydrogens is 354 g/mol. The highest BCUT2D eigenvalue weighted by Crippen LogP contribution is 2.32. The molecule has 0 fully saturated rings. The number of carbonyl (C=O) groups excluding carboxylic acids is 1. The molecule has 4 nitrogen and oxygen atoms in total. The Kier molecular flexibility index (Phi) is 4.94. The number of thiazole rings is 1. The van der Waals surface area contributed by atoms with E-state index in [0.29, 0.717) is 6.54 Å². The van der Waals surface area contributed by atoms with Crippen molar-refractivity contribution in [2.24, 2.45) is 0 Å². The molecule has 1 aliphatic heterocycles. The van der Waals surface area contributed by atoms with E-state index in [1.165, 1.54) is 5.56 Å². The summed E-state index contributed by atoms with van der Waals surface area (Å²) in [5.74, 6) is 0.0305. The second-order valence-corrected chi connectivity index (χ2v) is 7.89. The fourth-order valence-corrected chi connectivity index (χ4v) is 4.23. The molecule has 4 rings (SSSR count). The first-order valence-electron chi connectivity index (χ1n) is 9.32. The quantitative estimate of drug-likeness (QED) is 0.702. The van der Waals surface area contributed by atoms with Gasteiger partial charge in [0, 0.05) is 28.9 Å². The van der Waals surface area contributed by atoms with Crippen molar-refractivity contribution in [1.29, 1.82) is 0 Å². The van der Waals surface area contributed by atoms with Crippen molar-refractivity contribution in [1.82, 2.24) is 4.98 Å². The van der Waals surface area contributed by atoms with Crippen LogP contribution in [0.1, 0.15) is 23.1 Å². The van der Waals surface area contributed by atoms with Crippen molar-refractivity contribution in [2.45, 2.75) is 26.7 Å². The van der Waals surface area contributed by atoms with Gasteiger partial charge in [-0.1, -0.05) is 31.2 Å². The highest BCUT2D eigenvalue weighted by Gasteiger charge is 2.22. The fourth-order valence-electron chi connectivity index (χ4n) is 3.60. The molecule has 0 bridgehead atoms. The third-order valence-corrected chi connectivity index (χ3v) is 5.77. The summed E-state index contributed by atoms with van der Waals surface area (Å²) in [5.41, 5.74) is 6.72. The smallest absolute Gasteiger partial charge is 0.243 e. The number of aryl methyl sites for hydroxylation is 2. The average Bonchev–Trinajstić information content (AvgIpc) is 3.28. The second kappa shape index (κ2) is 7.53. The van der Waals surface area contributed by atoms with E-state index < -0.39 is 0 Å². The molecule has 0 saturated heterocycles. The van der Waals surface area contributed by atoms with Crippen LogP contribution in [0.5, 0.6) is 0 Å². The summed E-state index contributed by atoms with van der Waals surface area (Å²) in [5, 5.41) is 6.25. The Morgan fingerprint density at radius 1 is 1.26 bits per heavy atom. The molecule has 1 N–H and O–H groups in total. The zero-order valence-corrected chi connectivity index (χ0v) is 16.5. The molecule has 1 aliphatic rings. The number of hydrogen-bond acceptors (Lipinski definition) is 4. The van der Waals surface area contributed by atoms with Gasteiger partial charge in [-0.3, -0.25) is 4.79 Å². The highest BCUT2D eigenvalue weighted by atomic mass is 32.1. The Morgan fingerprint density at radius 2 is 2.11 bits per heavy atom. The minimum Gasteiger partial charge on any atom is -0.362 e. The van der Waals surface area contributed by atoms with E-state index >= 15 is 0 Å². The lowest BCUT2D eigenvalue weighted by Gasteiger charge is -2.19. The predicted octanol–water partition coefficient (Wildman–Crippen LogP) is 4.68. The van der Waals surface area contributed by atoms with Crippen LogP contribution in [0.15, 0.2) is 47.8 Å². The molecule has 0 atom stereocenters. The predicted molar refractivity (Wildman–Crippen MR) is 113 cm³/mol. The summed E-state index contributed by atoms with van der Waals surface area (Å²) in [4.78, 5) is 19.3. The van der Waals surface area contributed by atoms with Crippen LogP contribution in [0.2, 0.25) is 0 Å². The van der Waals surface area contributed by atoms with Crippen molar-refractivity contribution in [3.8, 4) is 11.3 Å². The molecule has 27 heavy (non-hydrogen) atoms. The third-order valence-electron chi connectivity index (χ3n) is 4.99. The van der Waals surface area contributed by atoms with Crippen molar-refractivity contribution >= 4 is 28.6 Å². The van der Waals surface area contributed by atoms with Crippen molar-refractivity contribution < 1.29 is 4.79 Å². The van der Waals surface area contributed by atoms with Gasteiger partial charge in [-0.2, -0.15) is 0 Å². The molecule has 2 heterocycles. The first kappa shape index (κ1) is 17.7.